The van der Waals surface area contributed by atoms with Crippen LogP contribution in [-0.4, -0.2) is 34.8 Å². The predicted molar refractivity (Wildman–Crippen MR) is 97.4 cm³/mol. The van der Waals surface area contributed by atoms with Crippen molar-refractivity contribution in [2.45, 2.75) is 32.1 Å². The first-order chi connectivity index (χ1) is 12.2. The highest BCUT2D eigenvalue weighted by Gasteiger charge is 2.19. The number of pyridine rings is 1. The molecule has 1 saturated heterocycles. The summed E-state index contributed by atoms with van der Waals surface area (Å²) < 4.78 is 0. The Bertz CT molecular complexity index is 725. The van der Waals surface area contributed by atoms with Crippen LogP contribution in [0.2, 0.25) is 0 Å². The first kappa shape index (κ1) is 17.1. The van der Waals surface area contributed by atoms with Crippen molar-refractivity contribution >= 4 is 17.5 Å². The van der Waals surface area contributed by atoms with Crippen molar-refractivity contribution in [3.8, 4) is 0 Å². The van der Waals surface area contributed by atoms with E-state index in [1.54, 1.807) is 18.3 Å². The van der Waals surface area contributed by atoms with Crippen LogP contribution in [0, 0.1) is 0 Å². The van der Waals surface area contributed by atoms with Crippen LogP contribution in [0.3, 0.4) is 0 Å². The van der Waals surface area contributed by atoms with Crippen molar-refractivity contribution in [3.05, 3.63) is 59.9 Å². The van der Waals surface area contributed by atoms with Crippen LogP contribution < -0.4 is 5.32 Å². The van der Waals surface area contributed by atoms with Gasteiger partial charge in [-0.15, -0.1) is 0 Å². The van der Waals surface area contributed by atoms with Crippen molar-refractivity contribution in [3.63, 3.8) is 0 Å². The number of hydrogen-bond donors (Lipinski definition) is 1. The van der Waals surface area contributed by atoms with Crippen LogP contribution in [0.4, 0.5) is 5.69 Å². The lowest BCUT2D eigenvalue weighted by Gasteiger charge is -2.15. The van der Waals surface area contributed by atoms with Gasteiger partial charge in [0, 0.05) is 43.2 Å². The maximum absolute atomic E-state index is 12.4. The summed E-state index contributed by atoms with van der Waals surface area (Å²) in [5, 5.41) is 2.89. The van der Waals surface area contributed by atoms with Gasteiger partial charge in [0.2, 0.25) is 5.91 Å². The molecular formula is C20H23N3O2. The monoisotopic (exact) mass is 337 g/mol. The van der Waals surface area contributed by atoms with Crippen LogP contribution in [-0.2, 0) is 11.2 Å². The highest BCUT2D eigenvalue weighted by atomic mass is 16.2. The predicted octanol–water partition coefficient (Wildman–Crippen LogP) is 3.28. The third kappa shape index (κ3) is 4.89. The van der Waals surface area contributed by atoms with Crippen LogP contribution in [0.25, 0.3) is 0 Å². The molecule has 1 aromatic heterocycles. The van der Waals surface area contributed by atoms with Gasteiger partial charge in [0.25, 0.3) is 5.91 Å². The van der Waals surface area contributed by atoms with Gasteiger partial charge in [-0.05, 0) is 55.5 Å². The Kier molecular flexibility index (Phi) is 5.77. The van der Waals surface area contributed by atoms with Crippen LogP contribution in [0.5, 0.6) is 0 Å². The number of carbonyl (C=O) groups is 2. The zero-order valence-electron chi connectivity index (χ0n) is 14.3. The summed E-state index contributed by atoms with van der Waals surface area (Å²) in [6, 6.07) is 11.1. The molecule has 1 fully saturated rings. The lowest BCUT2D eigenvalue weighted by molar-refractivity contribution is -0.116. The Balaban J connectivity index is 1.51. The average molecular weight is 337 g/mol. The number of benzene rings is 1. The van der Waals surface area contributed by atoms with Crippen molar-refractivity contribution < 1.29 is 9.59 Å². The second-order valence-corrected chi connectivity index (χ2v) is 6.34. The number of rotatable bonds is 6. The fourth-order valence-electron chi connectivity index (χ4n) is 3.06. The minimum atomic E-state index is -0.0327. The van der Waals surface area contributed by atoms with E-state index in [1.165, 1.54) is 0 Å². The minimum Gasteiger partial charge on any atom is -0.339 e. The van der Waals surface area contributed by atoms with E-state index in [2.05, 4.69) is 10.3 Å². The van der Waals surface area contributed by atoms with Crippen molar-refractivity contribution in [2.75, 3.05) is 18.4 Å². The molecule has 2 heterocycles. The summed E-state index contributed by atoms with van der Waals surface area (Å²) >= 11 is 0. The zero-order chi connectivity index (χ0) is 17.5. The molecule has 1 aliphatic rings. The lowest BCUT2D eigenvalue weighted by atomic mass is 10.1. The molecule has 3 rings (SSSR count). The third-order valence-corrected chi connectivity index (χ3v) is 4.38. The molecule has 1 N–H and O–H groups in total. The van der Waals surface area contributed by atoms with Gasteiger partial charge < -0.3 is 10.2 Å². The second-order valence-electron chi connectivity index (χ2n) is 6.34. The topological polar surface area (TPSA) is 62.3 Å². The molecule has 1 aliphatic heterocycles. The van der Waals surface area contributed by atoms with E-state index in [9.17, 15) is 9.59 Å². The Morgan fingerprint density at radius 1 is 1.12 bits per heavy atom. The van der Waals surface area contributed by atoms with E-state index in [0.717, 1.165) is 44.3 Å². The number of amides is 2. The number of anilines is 1. The second kappa shape index (κ2) is 8.42. The van der Waals surface area contributed by atoms with Gasteiger partial charge in [0.15, 0.2) is 0 Å². The number of aryl methyl sites for hydroxylation is 1. The molecule has 0 spiro atoms. The Labute approximate surface area is 148 Å². The highest BCUT2D eigenvalue weighted by molar-refractivity contribution is 5.97. The molecular weight excluding hydrogens is 314 g/mol. The highest BCUT2D eigenvalue weighted by Crippen LogP contribution is 2.17. The average Bonchev–Trinajstić information content (AvgIpc) is 3.17. The molecule has 5 heteroatoms. The fraction of sp³-hybridized carbons (Fsp3) is 0.350. The number of nitrogens with zero attached hydrogens (tertiary/aromatic N) is 2. The van der Waals surface area contributed by atoms with Crippen molar-refractivity contribution in [1.29, 1.82) is 0 Å². The maximum Gasteiger partial charge on any atom is 0.253 e. The molecule has 0 unspecified atom stereocenters. The van der Waals surface area contributed by atoms with Crippen molar-refractivity contribution in [1.82, 2.24) is 9.88 Å². The summed E-state index contributed by atoms with van der Waals surface area (Å²) in [6.07, 6.45) is 7.74. The van der Waals surface area contributed by atoms with Gasteiger partial charge >= 0.3 is 0 Å². The molecule has 1 aromatic carbocycles. The molecule has 0 aliphatic carbocycles. The molecule has 2 amide bonds. The summed E-state index contributed by atoms with van der Waals surface area (Å²) in [5.74, 6) is 0.0137. The van der Waals surface area contributed by atoms with Gasteiger partial charge in [0.05, 0.1) is 0 Å². The zero-order valence-corrected chi connectivity index (χ0v) is 14.3. The number of hydrogen-bond acceptors (Lipinski definition) is 3. The summed E-state index contributed by atoms with van der Waals surface area (Å²) in [4.78, 5) is 30.5. The lowest BCUT2D eigenvalue weighted by Crippen LogP contribution is -2.27. The van der Waals surface area contributed by atoms with E-state index in [-0.39, 0.29) is 11.8 Å². The van der Waals surface area contributed by atoms with Crippen LogP contribution in [0.1, 0.15) is 41.6 Å². The van der Waals surface area contributed by atoms with E-state index < -0.39 is 0 Å². The smallest absolute Gasteiger partial charge is 0.253 e. The van der Waals surface area contributed by atoms with Gasteiger partial charge in [-0.3, -0.25) is 14.6 Å². The maximum atomic E-state index is 12.4. The van der Waals surface area contributed by atoms with E-state index in [0.29, 0.717) is 17.7 Å². The van der Waals surface area contributed by atoms with E-state index in [4.69, 9.17) is 0 Å². The largest absolute Gasteiger partial charge is 0.339 e. The van der Waals surface area contributed by atoms with Gasteiger partial charge in [-0.25, -0.2) is 0 Å². The number of carbonyl (C=O) groups excluding carboxylic acids is 2. The first-order valence-electron chi connectivity index (χ1n) is 8.80. The standard InChI is InChI=1S/C20H23N3O2/c24-19(10-3-6-16-7-5-11-21-15-16)22-18-9-4-8-17(14-18)20(25)23-12-1-2-13-23/h4-5,7-9,11,14-15H,1-3,6,10,12-13H2,(H,22,24). The Hall–Kier alpha value is -2.69. The third-order valence-electron chi connectivity index (χ3n) is 4.38. The van der Waals surface area contributed by atoms with Crippen molar-refractivity contribution in [2.24, 2.45) is 0 Å². The first-order valence-corrected chi connectivity index (χ1v) is 8.80. The number of nitrogens with one attached hydrogen (secondary N) is 1. The molecule has 0 bridgehead atoms. The summed E-state index contributed by atoms with van der Waals surface area (Å²) in [6.45, 7) is 1.65. The Morgan fingerprint density at radius 3 is 2.72 bits per heavy atom. The summed E-state index contributed by atoms with van der Waals surface area (Å²) in [7, 11) is 0. The Morgan fingerprint density at radius 2 is 1.96 bits per heavy atom. The molecule has 2 aromatic rings. The molecule has 5 nitrogen and oxygen atoms in total. The quantitative estimate of drug-likeness (QED) is 0.880. The van der Waals surface area contributed by atoms with E-state index in [1.807, 2.05) is 35.4 Å². The minimum absolute atomic E-state index is 0.0327. The van der Waals surface area contributed by atoms with Crippen LogP contribution in [0.15, 0.2) is 48.8 Å². The molecule has 0 atom stereocenters. The molecule has 25 heavy (non-hydrogen) atoms. The molecule has 0 radical (unpaired) electrons. The summed E-state index contributed by atoms with van der Waals surface area (Å²) in [5.41, 5.74) is 2.44. The van der Waals surface area contributed by atoms with Gasteiger partial charge in [0.1, 0.15) is 0 Å². The molecule has 130 valence electrons. The number of likely N-dealkylation sites (tertiary alicyclic amines) is 1. The SMILES string of the molecule is O=C(CCCc1cccnc1)Nc1cccc(C(=O)N2CCCC2)c1. The van der Waals surface area contributed by atoms with E-state index >= 15 is 0 Å². The fourth-order valence-corrected chi connectivity index (χ4v) is 3.06. The van der Waals surface area contributed by atoms with Crippen LogP contribution >= 0.6 is 0 Å². The van der Waals surface area contributed by atoms with Gasteiger partial charge in [-0.2, -0.15) is 0 Å². The number of aromatic nitrogens is 1. The van der Waals surface area contributed by atoms with Gasteiger partial charge in [-0.1, -0.05) is 12.1 Å². The normalized spacial score (nSPS) is 13.7. The molecule has 0 saturated carbocycles.